The van der Waals surface area contributed by atoms with Crippen molar-refractivity contribution in [1.82, 2.24) is 14.9 Å². The average Bonchev–Trinajstić information content (AvgIpc) is 3.06. The summed E-state index contributed by atoms with van der Waals surface area (Å²) in [6.07, 6.45) is 1.63. The molecule has 8 nitrogen and oxygen atoms in total. The Morgan fingerprint density at radius 3 is 2.68 bits per heavy atom. The number of nitrogens with two attached hydrogens (primary N) is 1. The van der Waals surface area contributed by atoms with Crippen LogP contribution in [0.25, 0.3) is 0 Å². The van der Waals surface area contributed by atoms with Crippen molar-refractivity contribution < 1.29 is 9.47 Å². The van der Waals surface area contributed by atoms with Crippen LogP contribution in [0, 0.1) is 0 Å². The number of ether oxygens (including phenoxy) is 2. The van der Waals surface area contributed by atoms with Crippen LogP contribution in [0.15, 0.2) is 57.2 Å². The fraction of sp³-hybridized carbons (Fsp3) is 0.167. The second-order valence-electron chi connectivity index (χ2n) is 5.57. The number of thioether (sulfide) groups is 1. The summed E-state index contributed by atoms with van der Waals surface area (Å²) < 4.78 is 12.8. The van der Waals surface area contributed by atoms with Gasteiger partial charge in [-0.3, -0.25) is 0 Å². The van der Waals surface area contributed by atoms with Crippen LogP contribution in [-0.2, 0) is 5.75 Å². The Hall–Kier alpha value is -2.72. The molecule has 0 radical (unpaired) electrons. The van der Waals surface area contributed by atoms with Gasteiger partial charge in [0.1, 0.15) is 11.5 Å². The molecule has 0 bridgehead atoms. The van der Waals surface area contributed by atoms with Crippen LogP contribution in [0.2, 0.25) is 0 Å². The SMILES string of the molecule is COc1ccc(CSc2nnc(N/N=C/c3cc(Br)ccc3OC)n2N)cc1. The van der Waals surface area contributed by atoms with E-state index in [0.717, 1.165) is 21.3 Å². The van der Waals surface area contributed by atoms with Gasteiger partial charge >= 0.3 is 0 Å². The van der Waals surface area contributed by atoms with Gasteiger partial charge in [0, 0.05) is 15.8 Å². The van der Waals surface area contributed by atoms with Gasteiger partial charge in [0.15, 0.2) is 0 Å². The summed E-state index contributed by atoms with van der Waals surface area (Å²) in [5.74, 6) is 8.63. The van der Waals surface area contributed by atoms with E-state index in [2.05, 4.69) is 36.7 Å². The number of nitrogen functional groups attached to an aromatic ring is 1. The van der Waals surface area contributed by atoms with Crippen molar-refractivity contribution >= 4 is 39.9 Å². The quantitative estimate of drug-likeness (QED) is 0.228. The molecule has 0 aliphatic heterocycles. The van der Waals surface area contributed by atoms with Gasteiger partial charge in [-0.05, 0) is 35.9 Å². The lowest BCUT2D eigenvalue weighted by Gasteiger charge is -2.05. The first-order chi connectivity index (χ1) is 13.6. The molecule has 0 saturated carbocycles. The number of aromatic nitrogens is 3. The minimum atomic E-state index is 0.336. The molecule has 3 aromatic rings. The predicted molar refractivity (Wildman–Crippen MR) is 115 cm³/mol. The third kappa shape index (κ3) is 4.96. The van der Waals surface area contributed by atoms with E-state index < -0.39 is 0 Å². The number of hydrogen-bond donors (Lipinski definition) is 2. The summed E-state index contributed by atoms with van der Waals surface area (Å²) in [6.45, 7) is 0. The minimum Gasteiger partial charge on any atom is -0.497 e. The van der Waals surface area contributed by atoms with Crippen molar-refractivity contribution in [3.05, 3.63) is 58.1 Å². The highest BCUT2D eigenvalue weighted by Gasteiger charge is 2.10. The molecule has 2 aromatic carbocycles. The lowest BCUT2D eigenvalue weighted by molar-refractivity contribution is 0.414. The Kier molecular flexibility index (Phi) is 6.77. The van der Waals surface area contributed by atoms with Gasteiger partial charge in [-0.1, -0.05) is 39.8 Å². The Bertz CT molecular complexity index is 961. The van der Waals surface area contributed by atoms with Crippen LogP contribution in [0.5, 0.6) is 11.5 Å². The molecule has 10 heteroatoms. The minimum absolute atomic E-state index is 0.336. The third-order valence-electron chi connectivity index (χ3n) is 3.75. The van der Waals surface area contributed by atoms with Crippen LogP contribution >= 0.6 is 27.7 Å². The van der Waals surface area contributed by atoms with Gasteiger partial charge in [-0.2, -0.15) is 5.10 Å². The molecule has 0 spiro atoms. The number of nitrogens with zero attached hydrogens (tertiary/aromatic N) is 4. The van der Waals surface area contributed by atoms with Gasteiger partial charge in [0.05, 0.1) is 20.4 Å². The second kappa shape index (κ2) is 9.47. The van der Waals surface area contributed by atoms with Crippen molar-refractivity contribution in [2.24, 2.45) is 5.10 Å². The first-order valence-corrected chi connectivity index (χ1v) is 9.97. The van der Waals surface area contributed by atoms with E-state index in [1.54, 1.807) is 20.4 Å². The van der Waals surface area contributed by atoms with Crippen LogP contribution in [0.4, 0.5) is 5.95 Å². The number of benzene rings is 2. The molecular formula is C18H19BrN6O2S. The Balaban J connectivity index is 1.62. The number of nitrogens with one attached hydrogen (secondary N) is 1. The maximum absolute atomic E-state index is 6.06. The van der Waals surface area contributed by atoms with Crippen LogP contribution in [0.3, 0.4) is 0 Å². The van der Waals surface area contributed by atoms with Gasteiger partial charge in [0.2, 0.25) is 5.16 Å². The lowest BCUT2D eigenvalue weighted by Crippen LogP contribution is -2.13. The number of anilines is 1. The molecule has 1 aromatic heterocycles. The smallest absolute Gasteiger partial charge is 0.264 e. The molecule has 1 heterocycles. The number of hydrazone groups is 1. The van der Waals surface area contributed by atoms with Crippen molar-refractivity contribution in [1.29, 1.82) is 0 Å². The van der Waals surface area contributed by atoms with Gasteiger partial charge in [-0.15, -0.1) is 10.2 Å². The Labute approximate surface area is 175 Å². The highest BCUT2D eigenvalue weighted by atomic mass is 79.9. The Morgan fingerprint density at radius 1 is 1.18 bits per heavy atom. The van der Waals surface area contributed by atoms with E-state index in [9.17, 15) is 0 Å². The van der Waals surface area contributed by atoms with E-state index in [1.807, 2.05) is 42.5 Å². The molecule has 0 amide bonds. The maximum atomic E-state index is 6.06. The van der Waals surface area contributed by atoms with Crippen molar-refractivity contribution in [2.75, 3.05) is 25.5 Å². The van der Waals surface area contributed by atoms with E-state index in [0.29, 0.717) is 22.6 Å². The second-order valence-corrected chi connectivity index (χ2v) is 7.43. The van der Waals surface area contributed by atoms with E-state index >= 15 is 0 Å². The van der Waals surface area contributed by atoms with Crippen LogP contribution in [-0.4, -0.2) is 35.3 Å². The summed E-state index contributed by atoms with van der Waals surface area (Å²) in [5.41, 5.74) is 4.73. The summed E-state index contributed by atoms with van der Waals surface area (Å²) in [5, 5.41) is 12.9. The van der Waals surface area contributed by atoms with Crippen molar-refractivity contribution in [3.63, 3.8) is 0 Å². The number of hydrogen-bond acceptors (Lipinski definition) is 8. The highest BCUT2D eigenvalue weighted by Crippen LogP contribution is 2.23. The molecule has 3 rings (SSSR count). The first-order valence-electron chi connectivity index (χ1n) is 8.19. The topological polar surface area (TPSA) is 99.6 Å². The zero-order chi connectivity index (χ0) is 19.9. The standard InChI is InChI=1S/C18H19BrN6O2S/c1-26-15-6-3-12(4-7-15)11-28-18-24-23-17(25(18)20)22-21-10-13-9-14(19)5-8-16(13)27-2/h3-10H,11,20H2,1-2H3,(H,22,23)/b21-10+. The Morgan fingerprint density at radius 2 is 1.96 bits per heavy atom. The molecule has 0 unspecified atom stereocenters. The summed E-state index contributed by atoms with van der Waals surface area (Å²) in [4.78, 5) is 0. The maximum Gasteiger partial charge on any atom is 0.264 e. The molecule has 28 heavy (non-hydrogen) atoms. The zero-order valence-electron chi connectivity index (χ0n) is 15.3. The average molecular weight is 463 g/mol. The molecule has 0 fully saturated rings. The molecule has 3 N–H and O–H groups in total. The monoisotopic (exact) mass is 462 g/mol. The van der Waals surface area contributed by atoms with Crippen molar-refractivity contribution in [3.8, 4) is 11.5 Å². The van der Waals surface area contributed by atoms with Crippen molar-refractivity contribution in [2.45, 2.75) is 10.9 Å². The molecule has 0 aliphatic carbocycles. The summed E-state index contributed by atoms with van der Waals surface area (Å²) in [7, 11) is 3.25. The number of halogens is 1. The largest absolute Gasteiger partial charge is 0.497 e. The molecule has 0 aliphatic rings. The van der Waals surface area contributed by atoms with Gasteiger partial charge in [-0.25, -0.2) is 10.1 Å². The summed E-state index contributed by atoms with van der Waals surface area (Å²) in [6, 6.07) is 13.5. The van der Waals surface area contributed by atoms with E-state index in [1.165, 1.54) is 16.4 Å². The first kappa shape index (κ1) is 20.0. The molecule has 146 valence electrons. The van der Waals surface area contributed by atoms with Crippen LogP contribution in [0.1, 0.15) is 11.1 Å². The van der Waals surface area contributed by atoms with Gasteiger partial charge in [0.25, 0.3) is 5.95 Å². The van der Waals surface area contributed by atoms with E-state index in [4.69, 9.17) is 15.3 Å². The third-order valence-corrected chi connectivity index (χ3v) is 5.26. The molecule has 0 atom stereocenters. The normalized spacial score (nSPS) is 11.0. The highest BCUT2D eigenvalue weighted by molar-refractivity contribution is 9.10. The number of rotatable bonds is 8. The lowest BCUT2D eigenvalue weighted by atomic mass is 10.2. The summed E-state index contributed by atoms with van der Waals surface area (Å²) >= 11 is 4.91. The predicted octanol–water partition coefficient (Wildman–Crippen LogP) is 3.51. The fourth-order valence-electron chi connectivity index (χ4n) is 2.29. The van der Waals surface area contributed by atoms with Gasteiger partial charge < -0.3 is 15.3 Å². The molecular weight excluding hydrogens is 444 g/mol. The fourth-order valence-corrected chi connectivity index (χ4v) is 3.48. The zero-order valence-corrected chi connectivity index (χ0v) is 17.7. The molecule has 0 saturated heterocycles. The van der Waals surface area contributed by atoms with E-state index in [-0.39, 0.29) is 0 Å². The van der Waals surface area contributed by atoms with Crippen LogP contribution < -0.4 is 20.7 Å². The number of methoxy groups -OCH3 is 2.